The van der Waals surface area contributed by atoms with Gasteiger partial charge in [0.05, 0.1) is 16.3 Å². The quantitative estimate of drug-likeness (QED) is 0.170. The number of carbonyl (C=O) groups is 2. The predicted molar refractivity (Wildman–Crippen MR) is 124 cm³/mol. The van der Waals surface area contributed by atoms with E-state index in [1.54, 1.807) is 24.3 Å². The van der Waals surface area contributed by atoms with E-state index in [-0.39, 0.29) is 17.4 Å². The number of thioether (sulfide) groups is 1. The molecule has 1 amide bonds. The van der Waals surface area contributed by atoms with Crippen LogP contribution in [0, 0.1) is 0 Å². The highest BCUT2D eigenvalue weighted by molar-refractivity contribution is 8.01. The number of aromatic nitrogens is 2. The van der Waals surface area contributed by atoms with Crippen molar-refractivity contribution in [1.82, 2.24) is 10.2 Å². The fourth-order valence-corrected chi connectivity index (χ4v) is 4.64. The lowest BCUT2D eigenvalue weighted by Crippen LogP contribution is -2.12. The maximum absolute atomic E-state index is 12.4. The first-order valence-corrected chi connectivity index (χ1v) is 11.9. The number of amides is 1. The Morgan fingerprint density at radius 2 is 1.83 bits per heavy atom. The molecule has 0 aliphatic heterocycles. The second-order valence-electron chi connectivity index (χ2n) is 6.67. The van der Waals surface area contributed by atoms with Gasteiger partial charge in [-0.15, -0.1) is 10.2 Å². The Kier molecular flexibility index (Phi) is 8.42. The van der Waals surface area contributed by atoms with Crippen molar-refractivity contribution in [3.8, 4) is 0 Å². The van der Waals surface area contributed by atoms with Crippen LogP contribution in [-0.2, 0) is 6.42 Å². The number of hydrogen-bond donors (Lipinski definition) is 1. The van der Waals surface area contributed by atoms with Gasteiger partial charge in [0, 0.05) is 5.56 Å². The van der Waals surface area contributed by atoms with E-state index < -0.39 is 0 Å². The van der Waals surface area contributed by atoms with E-state index >= 15 is 0 Å². The maximum atomic E-state index is 12.4. The number of nitrogens with one attached hydrogen (secondary N) is 1. The van der Waals surface area contributed by atoms with Crippen LogP contribution in [0.3, 0.4) is 0 Å². The zero-order valence-electron chi connectivity index (χ0n) is 16.6. The molecule has 156 valence electrons. The van der Waals surface area contributed by atoms with E-state index in [2.05, 4.69) is 22.4 Å². The highest BCUT2D eigenvalue weighted by atomic mass is 35.5. The highest BCUT2D eigenvalue weighted by Gasteiger charge is 2.14. The average Bonchev–Trinajstić information content (AvgIpc) is 3.20. The van der Waals surface area contributed by atoms with Gasteiger partial charge in [0.2, 0.25) is 5.13 Å². The molecule has 2 aromatic carbocycles. The summed E-state index contributed by atoms with van der Waals surface area (Å²) in [6.45, 7) is 2.19. The van der Waals surface area contributed by atoms with Crippen molar-refractivity contribution >= 4 is 51.5 Å². The van der Waals surface area contributed by atoms with Crippen LogP contribution in [0.15, 0.2) is 52.9 Å². The molecule has 30 heavy (non-hydrogen) atoms. The molecule has 0 spiro atoms. The molecule has 0 aliphatic rings. The molecule has 1 aromatic heterocycles. The van der Waals surface area contributed by atoms with E-state index in [1.165, 1.54) is 47.9 Å². The van der Waals surface area contributed by atoms with Crippen LogP contribution in [0.25, 0.3) is 0 Å². The second kappa shape index (κ2) is 11.2. The summed E-state index contributed by atoms with van der Waals surface area (Å²) in [6.07, 6.45) is 4.64. The number of aryl methyl sites for hydroxylation is 1. The molecule has 1 heterocycles. The van der Waals surface area contributed by atoms with Gasteiger partial charge in [-0.3, -0.25) is 14.9 Å². The molecule has 8 heteroatoms. The third-order valence-electron chi connectivity index (χ3n) is 4.42. The van der Waals surface area contributed by atoms with E-state index in [0.717, 1.165) is 6.42 Å². The van der Waals surface area contributed by atoms with Crippen LogP contribution in [0.4, 0.5) is 5.13 Å². The topological polar surface area (TPSA) is 72.0 Å². The van der Waals surface area contributed by atoms with E-state index in [0.29, 0.717) is 25.6 Å². The van der Waals surface area contributed by atoms with E-state index in [9.17, 15) is 9.59 Å². The number of anilines is 1. The summed E-state index contributed by atoms with van der Waals surface area (Å²) < 4.78 is 0.619. The monoisotopic (exact) mass is 459 g/mol. The summed E-state index contributed by atoms with van der Waals surface area (Å²) >= 11 is 8.57. The molecule has 0 aliphatic carbocycles. The lowest BCUT2D eigenvalue weighted by Gasteiger charge is -2.03. The Morgan fingerprint density at radius 1 is 1.07 bits per heavy atom. The van der Waals surface area contributed by atoms with Gasteiger partial charge in [-0.25, -0.2) is 0 Å². The number of unbranched alkanes of at least 4 members (excludes halogenated alkanes) is 2. The summed E-state index contributed by atoms with van der Waals surface area (Å²) in [4.78, 5) is 24.7. The summed E-state index contributed by atoms with van der Waals surface area (Å²) in [5.41, 5.74) is 2.33. The Balaban J connectivity index is 1.50. The van der Waals surface area contributed by atoms with Crippen molar-refractivity contribution in [1.29, 1.82) is 0 Å². The molecular weight excluding hydrogens is 438 g/mol. The van der Waals surface area contributed by atoms with Gasteiger partial charge >= 0.3 is 0 Å². The Hall–Kier alpha value is -2.22. The zero-order valence-corrected chi connectivity index (χ0v) is 18.9. The average molecular weight is 460 g/mol. The molecule has 5 nitrogen and oxygen atoms in total. The van der Waals surface area contributed by atoms with Crippen LogP contribution in [0.2, 0.25) is 5.02 Å². The zero-order chi connectivity index (χ0) is 21.3. The fourth-order valence-electron chi connectivity index (χ4n) is 2.78. The minimum atomic E-state index is -0.344. The largest absolute Gasteiger partial charge is 0.296 e. The van der Waals surface area contributed by atoms with Crippen LogP contribution in [0.5, 0.6) is 0 Å². The Labute approximate surface area is 189 Å². The van der Waals surface area contributed by atoms with Crippen LogP contribution in [-0.4, -0.2) is 27.6 Å². The molecule has 1 N–H and O–H groups in total. The number of ketones is 1. The SMILES string of the molecule is CCCCCc1ccc(C(=O)CSc2nnc(NC(=O)c3ccccc3Cl)s2)cc1. The first kappa shape index (κ1) is 22.5. The van der Waals surface area contributed by atoms with Gasteiger partial charge < -0.3 is 0 Å². The van der Waals surface area contributed by atoms with Gasteiger partial charge in [0.15, 0.2) is 10.1 Å². The summed E-state index contributed by atoms with van der Waals surface area (Å²) in [6, 6.07) is 14.6. The summed E-state index contributed by atoms with van der Waals surface area (Å²) in [7, 11) is 0. The molecule has 0 fully saturated rings. The normalized spacial score (nSPS) is 10.7. The Morgan fingerprint density at radius 3 is 2.57 bits per heavy atom. The third kappa shape index (κ3) is 6.39. The lowest BCUT2D eigenvalue weighted by atomic mass is 10.0. The van der Waals surface area contributed by atoms with Crippen LogP contribution in [0.1, 0.15) is 52.5 Å². The number of halogens is 1. The standard InChI is InChI=1S/C22H22ClN3O2S2/c1-2-3-4-7-15-10-12-16(13-11-15)19(27)14-29-22-26-25-21(30-22)24-20(28)17-8-5-6-9-18(17)23/h5-6,8-13H,2-4,7,14H2,1H3,(H,24,25,28). The molecule has 3 aromatic rings. The molecule has 0 radical (unpaired) electrons. The number of hydrogen-bond acceptors (Lipinski definition) is 6. The Bertz CT molecular complexity index is 1010. The van der Waals surface area contributed by atoms with Gasteiger partial charge in [-0.05, 0) is 30.5 Å². The van der Waals surface area contributed by atoms with Gasteiger partial charge in [-0.1, -0.05) is 90.9 Å². The van der Waals surface area contributed by atoms with Crippen molar-refractivity contribution in [3.63, 3.8) is 0 Å². The number of benzene rings is 2. The number of rotatable bonds is 10. The van der Waals surface area contributed by atoms with Crippen molar-refractivity contribution in [2.45, 2.75) is 36.9 Å². The molecule has 0 bridgehead atoms. The molecular formula is C22H22ClN3O2S2. The maximum Gasteiger partial charge on any atom is 0.259 e. The van der Waals surface area contributed by atoms with Crippen molar-refractivity contribution in [3.05, 3.63) is 70.2 Å². The summed E-state index contributed by atoms with van der Waals surface area (Å²) in [5.74, 6) is -0.0391. The van der Waals surface area contributed by atoms with Crippen LogP contribution < -0.4 is 5.32 Å². The summed E-state index contributed by atoms with van der Waals surface area (Å²) in [5, 5.41) is 11.4. The van der Waals surface area contributed by atoms with Crippen LogP contribution >= 0.6 is 34.7 Å². The van der Waals surface area contributed by atoms with Gasteiger partial charge in [-0.2, -0.15) is 0 Å². The van der Waals surface area contributed by atoms with Gasteiger partial charge in [0.1, 0.15) is 0 Å². The molecule has 0 atom stereocenters. The van der Waals surface area contributed by atoms with E-state index in [1.807, 2.05) is 24.3 Å². The first-order valence-electron chi connectivity index (χ1n) is 9.71. The molecule has 3 rings (SSSR count). The predicted octanol–water partition coefficient (Wildman–Crippen LogP) is 6.15. The first-order chi connectivity index (χ1) is 14.6. The van der Waals surface area contributed by atoms with E-state index in [4.69, 9.17) is 11.6 Å². The molecule has 0 saturated carbocycles. The second-order valence-corrected chi connectivity index (χ2v) is 9.28. The number of carbonyl (C=O) groups excluding carboxylic acids is 2. The fraction of sp³-hybridized carbons (Fsp3) is 0.273. The lowest BCUT2D eigenvalue weighted by molar-refractivity contribution is 0.101. The molecule has 0 unspecified atom stereocenters. The van der Waals surface area contributed by atoms with Gasteiger partial charge in [0.25, 0.3) is 5.91 Å². The van der Waals surface area contributed by atoms with Crippen molar-refractivity contribution < 1.29 is 9.59 Å². The van der Waals surface area contributed by atoms with Crippen molar-refractivity contribution in [2.24, 2.45) is 0 Å². The minimum absolute atomic E-state index is 0.0389. The smallest absolute Gasteiger partial charge is 0.259 e. The number of Topliss-reactive ketones (excluding diaryl/α,β-unsaturated/α-hetero) is 1. The third-order valence-corrected chi connectivity index (χ3v) is 6.72. The van der Waals surface area contributed by atoms with Crippen molar-refractivity contribution in [2.75, 3.05) is 11.1 Å². The molecule has 0 saturated heterocycles. The highest BCUT2D eigenvalue weighted by Crippen LogP contribution is 2.27. The number of nitrogens with zero attached hydrogens (tertiary/aromatic N) is 2. The minimum Gasteiger partial charge on any atom is -0.296 e.